The smallest absolute Gasteiger partial charge is 0.230 e. The molecular weight excluding hydrogens is 332 g/mol. The van der Waals surface area contributed by atoms with Crippen LogP contribution in [0.15, 0.2) is 41.6 Å². The Morgan fingerprint density at radius 1 is 1.24 bits per heavy atom. The molecule has 0 saturated carbocycles. The fraction of sp³-hybridized carbons (Fsp3) is 0.316. The van der Waals surface area contributed by atoms with Crippen LogP contribution in [0.4, 0.5) is 0 Å². The summed E-state index contributed by atoms with van der Waals surface area (Å²) < 4.78 is 1.87. The Morgan fingerprint density at radius 2 is 2.00 bits per heavy atom. The van der Waals surface area contributed by atoms with E-state index >= 15 is 0 Å². The van der Waals surface area contributed by atoms with Gasteiger partial charge in [-0.05, 0) is 31.9 Å². The molecule has 0 aliphatic rings. The predicted octanol–water partition coefficient (Wildman–Crippen LogP) is 3.63. The monoisotopic (exact) mass is 354 g/mol. The van der Waals surface area contributed by atoms with Gasteiger partial charge in [0.25, 0.3) is 0 Å². The summed E-state index contributed by atoms with van der Waals surface area (Å²) in [5, 5.41) is 8.26. The number of carbonyl (C=O) groups is 1. The Labute approximate surface area is 151 Å². The molecule has 3 aromatic rings. The molecule has 0 aliphatic heterocycles. The maximum Gasteiger partial charge on any atom is 0.230 e. The largest absolute Gasteiger partial charge is 0.355 e. The van der Waals surface area contributed by atoms with Gasteiger partial charge in [0.2, 0.25) is 5.91 Å². The Morgan fingerprint density at radius 3 is 2.72 bits per heavy atom. The van der Waals surface area contributed by atoms with E-state index in [2.05, 4.69) is 23.4 Å². The van der Waals surface area contributed by atoms with Gasteiger partial charge < -0.3 is 5.32 Å². The highest BCUT2D eigenvalue weighted by atomic mass is 32.2. The number of fused-ring (bicyclic) bond motifs is 1. The van der Waals surface area contributed by atoms with Gasteiger partial charge in [-0.15, -0.1) is 0 Å². The van der Waals surface area contributed by atoms with Crippen molar-refractivity contribution in [1.29, 1.82) is 0 Å². The minimum Gasteiger partial charge on any atom is -0.355 e. The number of hydrogen-bond donors (Lipinski definition) is 1. The zero-order valence-electron chi connectivity index (χ0n) is 14.7. The molecule has 1 amide bonds. The molecule has 0 saturated heterocycles. The first-order chi connectivity index (χ1) is 12.1. The van der Waals surface area contributed by atoms with Crippen LogP contribution >= 0.6 is 11.8 Å². The minimum absolute atomic E-state index is 0.0224. The van der Waals surface area contributed by atoms with Crippen LogP contribution in [0.2, 0.25) is 0 Å². The van der Waals surface area contributed by atoms with E-state index in [-0.39, 0.29) is 5.91 Å². The first-order valence-electron chi connectivity index (χ1n) is 8.42. The molecule has 0 radical (unpaired) electrons. The lowest BCUT2D eigenvalue weighted by Crippen LogP contribution is -2.25. The van der Waals surface area contributed by atoms with E-state index in [1.807, 2.05) is 48.7 Å². The normalized spacial score (nSPS) is 11.0. The first-order valence-corrected chi connectivity index (χ1v) is 9.40. The van der Waals surface area contributed by atoms with Gasteiger partial charge in [-0.1, -0.05) is 49.0 Å². The Balaban J connectivity index is 2.00. The van der Waals surface area contributed by atoms with E-state index in [1.165, 1.54) is 11.8 Å². The van der Waals surface area contributed by atoms with Crippen LogP contribution < -0.4 is 5.32 Å². The molecule has 0 bridgehead atoms. The van der Waals surface area contributed by atoms with Gasteiger partial charge in [0.05, 0.1) is 22.7 Å². The Kier molecular flexibility index (Phi) is 5.38. The van der Waals surface area contributed by atoms with Gasteiger partial charge in [0.1, 0.15) is 0 Å². The molecule has 2 aromatic heterocycles. The van der Waals surface area contributed by atoms with Crippen molar-refractivity contribution >= 4 is 23.2 Å². The third kappa shape index (κ3) is 3.85. The highest BCUT2D eigenvalue weighted by molar-refractivity contribution is 7.99. The second-order valence-electron chi connectivity index (χ2n) is 5.98. The van der Waals surface area contributed by atoms with E-state index in [4.69, 9.17) is 4.98 Å². The van der Waals surface area contributed by atoms with E-state index in [1.54, 1.807) is 0 Å². The minimum atomic E-state index is 0.0224. The summed E-state index contributed by atoms with van der Waals surface area (Å²) >= 11 is 1.42. The molecule has 6 heteroatoms. The summed E-state index contributed by atoms with van der Waals surface area (Å²) in [7, 11) is 0. The molecule has 5 nitrogen and oxygen atoms in total. The van der Waals surface area contributed by atoms with Crippen molar-refractivity contribution in [3.63, 3.8) is 0 Å². The lowest BCUT2D eigenvalue weighted by molar-refractivity contribution is -0.118. The summed E-state index contributed by atoms with van der Waals surface area (Å²) in [6.07, 6.45) is 0.931. The van der Waals surface area contributed by atoms with Crippen molar-refractivity contribution in [2.45, 2.75) is 32.3 Å². The first kappa shape index (κ1) is 17.5. The summed E-state index contributed by atoms with van der Waals surface area (Å²) in [5.41, 5.74) is 5.01. The van der Waals surface area contributed by atoms with Crippen LogP contribution in [0.1, 0.15) is 24.6 Å². The number of rotatable bonds is 6. The van der Waals surface area contributed by atoms with Crippen molar-refractivity contribution in [2.24, 2.45) is 0 Å². The third-order valence-corrected chi connectivity index (χ3v) is 4.76. The van der Waals surface area contributed by atoms with Gasteiger partial charge in [0.15, 0.2) is 5.16 Å². The Hall–Kier alpha value is -2.34. The van der Waals surface area contributed by atoms with E-state index in [0.717, 1.165) is 39.6 Å². The number of nitrogens with one attached hydrogen (secondary N) is 1. The number of amides is 1. The van der Waals surface area contributed by atoms with Gasteiger partial charge >= 0.3 is 0 Å². The Bertz CT molecular complexity index is 889. The molecule has 25 heavy (non-hydrogen) atoms. The number of aryl methyl sites for hydroxylation is 2. The topological polar surface area (TPSA) is 59.3 Å². The second-order valence-corrected chi connectivity index (χ2v) is 6.92. The predicted molar refractivity (Wildman–Crippen MR) is 102 cm³/mol. The maximum atomic E-state index is 11.9. The van der Waals surface area contributed by atoms with Gasteiger partial charge in [-0.2, -0.15) is 5.10 Å². The molecular formula is C19H22N4OS. The lowest BCUT2D eigenvalue weighted by Gasteiger charge is -2.05. The molecule has 0 aliphatic carbocycles. The standard InChI is InChI=1S/C19H22N4OS/c1-4-10-20-16(24)12-25-19-21-17(15-8-6-5-7-9-15)18-13(2)11-14(3)22-23(18)19/h5-9,11H,4,10,12H2,1-3H3,(H,20,24). The third-order valence-electron chi connectivity index (χ3n) is 3.83. The lowest BCUT2D eigenvalue weighted by atomic mass is 10.1. The van der Waals surface area contributed by atoms with Crippen LogP contribution in [0.25, 0.3) is 16.8 Å². The van der Waals surface area contributed by atoms with E-state index in [0.29, 0.717) is 12.3 Å². The zero-order chi connectivity index (χ0) is 17.8. The fourth-order valence-electron chi connectivity index (χ4n) is 2.74. The molecule has 0 fully saturated rings. The molecule has 1 aromatic carbocycles. The van der Waals surface area contributed by atoms with Crippen molar-refractivity contribution in [1.82, 2.24) is 19.9 Å². The van der Waals surface area contributed by atoms with Crippen molar-refractivity contribution in [3.05, 3.63) is 47.7 Å². The highest BCUT2D eigenvalue weighted by Crippen LogP contribution is 2.30. The number of carbonyl (C=O) groups excluding carboxylic acids is 1. The van der Waals surface area contributed by atoms with Crippen molar-refractivity contribution < 1.29 is 4.79 Å². The van der Waals surface area contributed by atoms with Gasteiger partial charge in [-0.25, -0.2) is 9.50 Å². The molecule has 0 atom stereocenters. The molecule has 130 valence electrons. The van der Waals surface area contributed by atoms with Gasteiger partial charge in [0, 0.05) is 12.1 Å². The van der Waals surface area contributed by atoms with Crippen LogP contribution in [-0.2, 0) is 4.79 Å². The SMILES string of the molecule is CCCNC(=O)CSc1nc(-c2ccccc2)c2c(C)cc(C)nn12. The quantitative estimate of drug-likeness (QED) is 0.687. The van der Waals surface area contributed by atoms with E-state index in [9.17, 15) is 4.79 Å². The molecule has 0 unspecified atom stereocenters. The summed E-state index contributed by atoms with van der Waals surface area (Å²) in [4.78, 5) is 16.7. The average molecular weight is 354 g/mol. The van der Waals surface area contributed by atoms with Crippen LogP contribution in [0.3, 0.4) is 0 Å². The summed E-state index contributed by atoms with van der Waals surface area (Å²) in [6.45, 7) is 6.78. The molecule has 1 N–H and O–H groups in total. The maximum absolute atomic E-state index is 11.9. The molecule has 3 rings (SSSR count). The number of benzene rings is 1. The van der Waals surface area contributed by atoms with Crippen LogP contribution in [-0.4, -0.2) is 32.8 Å². The number of hydrogen-bond acceptors (Lipinski definition) is 4. The summed E-state index contributed by atoms with van der Waals surface area (Å²) in [5.74, 6) is 0.358. The van der Waals surface area contributed by atoms with Crippen molar-refractivity contribution in [3.8, 4) is 11.3 Å². The highest BCUT2D eigenvalue weighted by Gasteiger charge is 2.17. The summed E-state index contributed by atoms with van der Waals surface area (Å²) in [6, 6.07) is 12.1. The second kappa shape index (κ2) is 7.70. The fourth-order valence-corrected chi connectivity index (χ4v) is 3.52. The van der Waals surface area contributed by atoms with Crippen molar-refractivity contribution in [2.75, 3.05) is 12.3 Å². The zero-order valence-corrected chi connectivity index (χ0v) is 15.6. The number of thioether (sulfide) groups is 1. The molecule has 2 heterocycles. The number of imidazole rings is 1. The average Bonchev–Trinajstić information content (AvgIpc) is 2.97. The van der Waals surface area contributed by atoms with Crippen LogP contribution in [0, 0.1) is 13.8 Å². The molecule has 0 spiro atoms. The van der Waals surface area contributed by atoms with E-state index < -0.39 is 0 Å². The number of nitrogens with zero attached hydrogens (tertiary/aromatic N) is 3. The van der Waals surface area contributed by atoms with Gasteiger partial charge in [-0.3, -0.25) is 4.79 Å². The number of aromatic nitrogens is 3. The van der Waals surface area contributed by atoms with Crippen LogP contribution in [0.5, 0.6) is 0 Å².